The molecule has 1 atom stereocenters. The highest BCUT2D eigenvalue weighted by Gasteiger charge is 2.36. The van der Waals surface area contributed by atoms with Gasteiger partial charge in [-0.15, -0.1) is 0 Å². The summed E-state index contributed by atoms with van der Waals surface area (Å²) in [7, 11) is -3.83. The summed E-state index contributed by atoms with van der Waals surface area (Å²) in [6.45, 7) is 0.418. The third kappa shape index (κ3) is 3.12. The number of carboxylic acid groups (broad SMARTS) is 1. The van der Waals surface area contributed by atoms with Gasteiger partial charge in [-0.05, 0) is 12.1 Å². The number of benzene rings is 1. The number of carboxylic acids is 1. The Morgan fingerprint density at radius 2 is 2.15 bits per heavy atom. The van der Waals surface area contributed by atoms with Gasteiger partial charge in [0.1, 0.15) is 4.90 Å². The van der Waals surface area contributed by atoms with Crippen molar-refractivity contribution in [2.24, 2.45) is 0 Å². The van der Waals surface area contributed by atoms with Crippen molar-refractivity contribution in [3.63, 3.8) is 0 Å². The van der Waals surface area contributed by atoms with Crippen LogP contribution in [-0.2, 0) is 19.6 Å². The first-order chi connectivity index (χ1) is 9.43. The summed E-state index contributed by atoms with van der Waals surface area (Å²) < 4.78 is 31.5. The molecule has 0 aromatic heterocycles. The van der Waals surface area contributed by atoms with Crippen molar-refractivity contribution < 1.29 is 23.1 Å². The van der Waals surface area contributed by atoms with Gasteiger partial charge >= 0.3 is 5.97 Å². The highest BCUT2D eigenvalue weighted by molar-refractivity contribution is 7.89. The molecule has 1 aromatic carbocycles. The standard InChI is InChI=1S/C12H14ClNO5S/c13-10-3-1-2-4-11(10)20(17,18)14-5-6-19-8-9(14)7-12(15)16/h1-4,9H,5-8H2,(H,15,16). The normalized spacial score (nSPS) is 20.8. The molecule has 1 unspecified atom stereocenters. The number of ether oxygens (including phenoxy) is 1. The minimum absolute atomic E-state index is 0.0149. The maximum atomic E-state index is 12.6. The summed E-state index contributed by atoms with van der Waals surface area (Å²) >= 11 is 5.93. The monoisotopic (exact) mass is 319 g/mol. The molecule has 0 radical (unpaired) electrons. The van der Waals surface area contributed by atoms with Crippen molar-refractivity contribution in [3.8, 4) is 0 Å². The maximum absolute atomic E-state index is 12.6. The molecule has 1 N–H and O–H groups in total. The van der Waals surface area contributed by atoms with Crippen LogP contribution in [0.5, 0.6) is 0 Å². The molecule has 0 bridgehead atoms. The largest absolute Gasteiger partial charge is 0.481 e. The van der Waals surface area contributed by atoms with Crippen LogP contribution in [0.1, 0.15) is 6.42 Å². The molecular weight excluding hydrogens is 306 g/mol. The van der Waals surface area contributed by atoms with E-state index in [1.807, 2.05) is 0 Å². The van der Waals surface area contributed by atoms with Crippen LogP contribution >= 0.6 is 11.6 Å². The van der Waals surface area contributed by atoms with Crippen LogP contribution in [0.4, 0.5) is 0 Å². The van der Waals surface area contributed by atoms with Crippen LogP contribution in [0.15, 0.2) is 29.2 Å². The molecule has 1 saturated heterocycles. The zero-order valence-electron chi connectivity index (χ0n) is 10.5. The van der Waals surface area contributed by atoms with Crippen molar-refractivity contribution >= 4 is 27.6 Å². The molecule has 0 amide bonds. The lowest BCUT2D eigenvalue weighted by molar-refractivity contribution is -0.139. The number of hydrogen-bond donors (Lipinski definition) is 1. The highest BCUT2D eigenvalue weighted by Crippen LogP contribution is 2.27. The van der Waals surface area contributed by atoms with E-state index in [0.717, 1.165) is 4.31 Å². The number of carbonyl (C=O) groups is 1. The Kier molecular flexibility index (Phi) is 4.64. The van der Waals surface area contributed by atoms with E-state index >= 15 is 0 Å². The van der Waals surface area contributed by atoms with Crippen molar-refractivity contribution in [2.75, 3.05) is 19.8 Å². The number of aliphatic carboxylic acids is 1. The van der Waals surface area contributed by atoms with E-state index in [-0.39, 0.29) is 36.1 Å². The second-order valence-electron chi connectivity index (χ2n) is 4.37. The van der Waals surface area contributed by atoms with Gasteiger partial charge < -0.3 is 9.84 Å². The van der Waals surface area contributed by atoms with E-state index in [2.05, 4.69) is 0 Å². The summed E-state index contributed by atoms with van der Waals surface area (Å²) in [5.41, 5.74) is 0. The molecule has 1 aliphatic heterocycles. The van der Waals surface area contributed by atoms with E-state index in [1.54, 1.807) is 12.1 Å². The molecule has 1 aromatic rings. The van der Waals surface area contributed by atoms with Crippen molar-refractivity contribution in [1.82, 2.24) is 4.31 Å². The van der Waals surface area contributed by atoms with Gasteiger partial charge in [0.2, 0.25) is 10.0 Å². The second kappa shape index (κ2) is 6.09. The maximum Gasteiger partial charge on any atom is 0.305 e. The van der Waals surface area contributed by atoms with E-state index in [0.29, 0.717) is 0 Å². The summed E-state index contributed by atoms with van der Waals surface area (Å²) in [5, 5.41) is 8.99. The number of halogens is 1. The van der Waals surface area contributed by atoms with Gasteiger partial charge in [0.05, 0.1) is 30.7 Å². The van der Waals surface area contributed by atoms with Gasteiger partial charge in [-0.25, -0.2) is 8.42 Å². The van der Waals surface area contributed by atoms with Gasteiger partial charge in [-0.1, -0.05) is 23.7 Å². The van der Waals surface area contributed by atoms with Crippen LogP contribution in [0.25, 0.3) is 0 Å². The molecule has 0 saturated carbocycles. The number of morpholine rings is 1. The topological polar surface area (TPSA) is 83.9 Å². The lowest BCUT2D eigenvalue weighted by Crippen LogP contribution is -2.49. The van der Waals surface area contributed by atoms with Gasteiger partial charge in [0.15, 0.2) is 0 Å². The number of rotatable bonds is 4. The van der Waals surface area contributed by atoms with E-state index in [4.69, 9.17) is 21.4 Å². The Hall–Kier alpha value is -1.15. The lowest BCUT2D eigenvalue weighted by Gasteiger charge is -2.33. The van der Waals surface area contributed by atoms with Crippen LogP contribution in [0.2, 0.25) is 5.02 Å². The molecule has 6 nitrogen and oxygen atoms in total. The second-order valence-corrected chi connectivity index (χ2v) is 6.64. The quantitative estimate of drug-likeness (QED) is 0.901. The highest BCUT2D eigenvalue weighted by atomic mass is 35.5. The van der Waals surface area contributed by atoms with Crippen LogP contribution in [0.3, 0.4) is 0 Å². The Labute approximate surface area is 122 Å². The molecular formula is C12H14ClNO5S. The molecule has 2 rings (SSSR count). The van der Waals surface area contributed by atoms with E-state index < -0.39 is 22.0 Å². The van der Waals surface area contributed by atoms with Crippen molar-refractivity contribution in [3.05, 3.63) is 29.3 Å². The Morgan fingerprint density at radius 1 is 1.45 bits per heavy atom. The average molecular weight is 320 g/mol. The van der Waals surface area contributed by atoms with Crippen LogP contribution < -0.4 is 0 Å². The van der Waals surface area contributed by atoms with Gasteiger partial charge in [0.25, 0.3) is 0 Å². The third-order valence-electron chi connectivity index (χ3n) is 3.01. The molecule has 0 spiro atoms. The Balaban J connectivity index is 2.36. The Morgan fingerprint density at radius 3 is 2.80 bits per heavy atom. The average Bonchev–Trinajstić information content (AvgIpc) is 2.38. The number of nitrogens with zero attached hydrogens (tertiary/aromatic N) is 1. The predicted molar refractivity (Wildman–Crippen MR) is 72.2 cm³/mol. The molecule has 1 aliphatic rings. The van der Waals surface area contributed by atoms with Gasteiger partial charge in [-0.2, -0.15) is 4.31 Å². The first-order valence-corrected chi connectivity index (χ1v) is 7.80. The smallest absolute Gasteiger partial charge is 0.305 e. The zero-order valence-corrected chi connectivity index (χ0v) is 12.1. The summed E-state index contributed by atoms with van der Waals surface area (Å²) in [5.74, 6) is -1.07. The van der Waals surface area contributed by atoms with Crippen LogP contribution in [0, 0.1) is 0 Å². The predicted octanol–water partition coefficient (Wildman–Crippen LogP) is 1.20. The molecule has 20 heavy (non-hydrogen) atoms. The minimum atomic E-state index is -3.83. The fourth-order valence-corrected chi connectivity index (χ4v) is 4.19. The van der Waals surface area contributed by atoms with Gasteiger partial charge in [-0.3, -0.25) is 4.79 Å². The third-order valence-corrected chi connectivity index (χ3v) is 5.46. The SMILES string of the molecule is O=C(O)CC1COCCN1S(=O)(=O)c1ccccc1Cl. The van der Waals surface area contributed by atoms with E-state index in [1.165, 1.54) is 12.1 Å². The van der Waals surface area contributed by atoms with E-state index in [9.17, 15) is 13.2 Å². The first kappa shape index (κ1) is 15.2. The molecule has 1 fully saturated rings. The van der Waals surface area contributed by atoms with Crippen molar-refractivity contribution in [1.29, 1.82) is 0 Å². The van der Waals surface area contributed by atoms with Crippen molar-refractivity contribution in [2.45, 2.75) is 17.4 Å². The first-order valence-electron chi connectivity index (χ1n) is 5.99. The summed E-state index contributed by atoms with van der Waals surface area (Å²) in [6, 6.07) is 5.38. The summed E-state index contributed by atoms with van der Waals surface area (Å²) in [4.78, 5) is 10.8. The fraction of sp³-hybridized carbons (Fsp3) is 0.417. The number of sulfonamides is 1. The number of hydrogen-bond acceptors (Lipinski definition) is 4. The zero-order chi connectivity index (χ0) is 14.8. The fourth-order valence-electron chi connectivity index (χ4n) is 2.10. The summed E-state index contributed by atoms with van der Waals surface area (Å²) in [6.07, 6.45) is -0.302. The minimum Gasteiger partial charge on any atom is -0.481 e. The molecule has 0 aliphatic carbocycles. The van der Waals surface area contributed by atoms with Crippen LogP contribution in [-0.4, -0.2) is 49.6 Å². The van der Waals surface area contributed by atoms with Gasteiger partial charge in [0, 0.05) is 6.54 Å². The lowest BCUT2D eigenvalue weighted by atomic mass is 10.2. The molecule has 1 heterocycles. The molecule has 8 heteroatoms. The Bertz CT molecular complexity index is 604. The molecule has 110 valence electrons.